The Morgan fingerprint density at radius 3 is 2.50 bits per heavy atom. The summed E-state index contributed by atoms with van der Waals surface area (Å²) >= 11 is 4.25. The second-order valence-electron chi connectivity index (χ2n) is 5.11. The minimum Gasteiger partial charge on any atom is -0.480 e. The minimum atomic E-state index is -3.86. The van der Waals surface area contributed by atoms with Crippen LogP contribution in [0.15, 0.2) is 50.5 Å². The van der Waals surface area contributed by atoms with Gasteiger partial charge in [0, 0.05) is 5.92 Å². The molecule has 0 aliphatic heterocycles. The standard InChI is InChI=1S/C14H12BrNO4S2/c15-11-6-7-12(21-11)22(19,20)16-14(13(17)18)8-10(14)9-4-2-1-3-5-9/h1-7,10,16H,8H2,(H,17,18)/t10-,14+/m0/s1. The number of aliphatic carboxylic acids is 1. The predicted octanol–water partition coefficient (Wildman–Crippen LogP) is 2.80. The van der Waals surface area contributed by atoms with Crippen LogP contribution in [0.25, 0.3) is 0 Å². The van der Waals surface area contributed by atoms with E-state index in [0.29, 0.717) is 3.79 Å². The van der Waals surface area contributed by atoms with E-state index in [9.17, 15) is 18.3 Å². The van der Waals surface area contributed by atoms with Crippen LogP contribution in [0.5, 0.6) is 0 Å². The molecule has 1 fully saturated rings. The highest BCUT2D eigenvalue weighted by atomic mass is 79.9. The topological polar surface area (TPSA) is 83.5 Å². The molecule has 0 spiro atoms. The minimum absolute atomic E-state index is 0.0960. The van der Waals surface area contributed by atoms with Gasteiger partial charge in [0.1, 0.15) is 9.75 Å². The molecule has 1 heterocycles. The Morgan fingerprint density at radius 1 is 1.27 bits per heavy atom. The number of hydrogen-bond donors (Lipinski definition) is 2. The Kier molecular flexibility index (Phi) is 3.88. The van der Waals surface area contributed by atoms with Gasteiger partial charge in [0.05, 0.1) is 3.79 Å². The molecule has 8 heteroatoms. The van der Waals surface area contributed by atoms with Crippen molar-refractivity contribution in [2.45, 2.75) is 22.1 Å². The Morgan fingerprint density at radius 2 is 1.95 bits per heavy atom. The van der Waals surface area contributed by atoms with Crippen LogP contribution in [0.3, 0.4) is 0 Å². The summed E-state index contributed by atoms with van der Waals surface area (Å²) in [4.78, 5) is 11.6. The zero-order chi connectivity index (χ0) is 16.0. The number of carbonyl (C=O) groups is 1. The van der Waals surface area contributed by atoms with E-state index in [-0.39, 0.29) is 16.5 Å². The van der Waals surface area contributed by atoms with Crippen molar-refractivity contribution in [2.75, 3.05) is 0 Å². The van der Waals surface area contributed by atoms with Gasteiger partial charge in [-0.3, -0.25) is 4.79 Å². The molecule has 1 aromatic carbocycles. The highest BCUT2D eigenvalue weighted by Gasteiger charge is 2.63. The molecule has 2 atom stereocenters. The molecule has 1 aromatic heterocycles. The fraction of sp³-hybridized carbons (Fsp3) is 0.214. The highest BCUT2D eigenvalue weighted by Crippen LogP contribution is 2.52. The summed E-state index contributed by atoms with van der Waals surface area (Å²) in [5.41, 5.74) is -0.642. The fourth-order valence-electron chi connectivity index (χ4n) is 2.48. The van der Waals surface area contributed by atoms with Crippen LogP contribution < -0.4 is 4.72 Å². The predicted molar refractivity (Wildman–Crippen MR) is 86.5 cm³/mol. The highest BCUT2D eigenvalue weighted by molar-refractivity contribution is 9.11. The normalized spacial score (nSPS) is 24.1. The van der Waals surface area contributed by atoms with E-state index in [1.807, 2.05) is 30.3 Å². The Hall–Kier alpha value is -1.22. The maximum atomic E-state index is 12.4. The second kappa shape index (κ2) is 5.45. The molecule has 2 aromatic rings. The van der Waals surface area contributed by atoms with Crippen molar-refractivity contribution in [3.63, 3.8) is 0 Å². The van der Waals surface area contributed by atoms with Crippen molar-refractivity contribution in [1.29, 1.82) is 0 Å². The summed E-state index contributed by atoms with van der Waals surface area (Å²) in [6, 6.07) is 12.1. The van der Waals surface area contributed by atoms with Crippen LogP contribution in [-0.2, 0) is 14.8 Å². The molecule has 22 heavy (non-hydrogen) atoms. The summed E-state index contributed by atoms with van der Waals surface area (Å²) in [6.45, 7) is 0. The van der Waals surface area contributed by atoms with Gasteiger partial charge in [0.2, 0.25) is 0 Å². The van der Waals surface area contributed by atoms with Crippen molar-refractivity contribution in [2.24, 2.45) is 0 Å². The molecule has 1 aliphatic carbocycles. The summed E-state index contributed by atoms with van der Waals surface area (Å²) in [7, 11) is -3.86. The van der Waals surface area contributed by atoms with Crippen molar-refractivity contribution in [3.05, 3.63) is 51.8 Å². The quantitative estimate of drug-likeness (QED) is 0.806. The van der Waals surface area contributed by atoms with Gasteiger partial charge in [-0.05, 0) is 40.0 Å². The lowest BCUT2D eigenvalue weighted by atomic mass is 10.1. The number of benzene rings is 1. The van der Waals surface area contributed by atoms with Crippen LogP contribution in [0, 0.1) is 0 Å². The van der Waals surface area contributed by atoms with Gasteiger partial charge < -0.3 is 5.11 Å². The van der Waals surface area contributed by atoms with E-state index < -0.39 is 21.5 Å². The number of halogens is 1. The first-order valence-electron chi connectivity index (χ1n) is 6.43. The van der Waals surface area contributed by atoms with Crippen molar-refractivity contribution in [1.82, 2.24) is 4.72 Å². The van der Waals surface area contributed by atoms with Crippen molar-refractivity contribution in [3.8, 4) is 0 Å². The lowest BCUT2D eigenvalue weighted by molar-refractivity contribution is -0.140. The Bertz CT molecular complexity index is 818. The van der Waals surface area contributed by atoms with Crippen LogP contribution in [-0.4, -0.2) is 25.0 Å². The van der Waals surface area contributed by atoms with Gasteiger partial charge in [-0.15, -0.1) is 11.3 Å². The van der Waals surface area contributed by atoms with Crippen LogP contribution >= 0.6 is 27.3 Å². The van der Waals surface area contributed by atoms with E-state index in [4.69, 9.17) is 0 Å². The van der Waals surface area contributed by atoms with E-state index in [1.165, 1.54) is 6.07 Å². The lowest BCUT2D eigenvalue weighted by Crippen LogP contribution is -2.44. The first-order chi connectivity index (χ1) is 10.3. The first kappa shape index (κ1) is 15.7. The van der Waals surface area contributed by atoms with Gasteiger partial charge in [-0.1, -0.05) is 30.3 Å². The zero-order valence-electron chi connectivity index (χ0n) is 11.2. The van der Waals surface area contributed by atoms with Gasteiger partial charge in [-0.25, -0.2) is 8.42 Å². The molecule has 1 aliphatic rings. The van der Waals surface area contributed by atoms with Crippen LogP contribution in [0.4, 0.5) is 0 Å². The average Bonchev–Trinajstić information content (AvgIpc) is 3.02. The molecule has 3 rings (SSSR count). The summed E-state index contributed by atoms with van der Waals surface area (Å²) in [5.74, 6) is -1.51. The second-order valence-corrected chi connectivity index (χ2v) is 9.48. The summed E-state index contributed by atoms with van der Waals surface area (Å²) in [5, 5.41) is 9.52. The van der Waals surface area contributed by atoms with Crippen LogP contribution in [0.1, 0.15) is 17.9 Å². The summed E-state index contributed by atoms with van der Waals surface area (Å²) < 4.78 is 27.9. The molecule has 0 bridgehead atoms. The Labute approximate surface area is 140 Å². The van der Waals surface area contributed by atoms with E-state index in [2.05, 4.69) is 20.7 Å². The largest absolute Gasteiger partial charge is 0.480 e. The van der Waals surface area contributed by atoms with Crippen molar-refractivity contribution >= 4 is 43.3 Å². The molecule has 116 valence electrons. The third-order valence-electron chi connectivity index (χ3n) is 3.67. The first-order valence-corrected chi connectivity index (χ1v) is 9.52. The number of sulfonamides is 1. The number of thiophene rings is 1. The molecule has 2 N–H and O–H groups in total. The molecule has 0 radical (unpaired) electrons. The summed E-state index contributed by atoms with van der Waals surface area (Å²) in [6.07, 6.45) is 0.248. The zero-order valence-corrected chi connectivity index (χ0v) is 14.4. The molecular weight excluding hydrogens is 390 g/mol. The Balaban J connectivity index is 1.90. The van der Waals surface area contributed by atoms with Gasteiger partial charge >= 0.3 is 5.97 Å². The molecule has 1 saturated carbocycles. The number of hydrogen-bond acceptors (Lipinski definition) is 4. The third kappa shape index (κ3) is 2.71. The number of rotatable bonds is 5. The lowest BCUT2D eigenvalue weighted by Gasteiger charge is -2.14. The van der Waals surface area contributed by atoms with E-state index in [0.717, 1.165) is 16.9 Å². The molecule has 0 saturated heterocycles. The molecule has 0 amide bonds. The van der Waals surface area contributed by atoms with E-state index in [1.54, 1.807) is 6.07 Å². The molecule has 0 unspecified atom stereocenters. The SMILES string of the molecule is O=C(O)[C@@]1(NS(=O)(=O)c2ccc(Br)s2)C[C@H]1c1ccccc1. The van der Waals surface area contributed by atoms with Gasteiger partial charge in [0.25, 0.3) is 10.0 Å². The smallest absolute Gasteiger partial charge is 0.325 e. The maximum Gasteiger partial charge on any atom is 0.325 e. The van der Waals surface area contributed by atoms with Gasteiger partial charge in [0.15, 0.2) is 0 Å². The monoisotopic (exact) mass is 401 g/mol. The fourth-order valence-corrected chi connectivity index (χ4v) is 5.89. The van der Waals surface area contributed by atoms with Gasteiger partial charge in [-0.2, -0.15) is 4.72 Å². The number of carboxylic acids is 1. The van der Waals surface area contributed by atoms with Crippen molar-refractivity contribution < 1.29 is 18.3 Å². The number of carboxylic acid groups (broad SMARTS) is 1. The van der Waals surface area contributed by atoms with Crippen LogP contribution in [0.2, 0.25) is 0 Å². The number of nitrogens with one attached hydrogen (secondary N) is 1. The maximum absolute atomic E-state index is 12.4. The third-order valence-corrected chi connectivity index (χ3v) is 7.30. The molecule has 5 nitrogen and oxygen atoms in total. The van der Waals surface area contributed by atoms with E-state index >= 15 is 0 Å². The molecular formula is C14H12BrNO4S2. The average molecular weight is 402 g/mol.